The molecule has 0 saturated carbocycles. The number of pyridine rings is 1. The Morgan fingerprint density at radius 3 is 2.32 bits per heavy atom. The molecule has 5 rings (SSSR count). The highest BCUT2D eigenvalue weighted by Crippen LogP contribution is 2.23. The van der Waals surface area contributed by atoms with Crippen molar-refractivity contribution in [3.63, 3.8) is 0 Å². The molecule has 2 heterocycles. The molecule has 0 aliphatic carbocycles. The number of carbonyl (C=O) groups excluding carboxylic acids is 1. The van der Waals surface area contributed by atoms with E-state index in [1.54, 1.807) is 17.3 Å². The molecule has 0 aliphatic rings. The molecule has 3 aromatic carbocycles. The summed E-state index contributed by atoms with van der Waals surface area (Å²) in [6.45, 7) is 0.587. The lowest BCUT2D eigenvalue weighted by Crippen LogP contribution is -2.45. The van der Waals surface area contributed by atoms with Crippen LogP contribution >= 0.6 is 0 Å². The van der Waals surface area contributed by atoms with Gasteiger partial charge in [-0.05, 0) is 53.6 Å². The van der Waals surface area contributed by atoms with E-state index in [4.69, 9.17) is 0 Å². The average Bonchev–Trinajstić information content (AvgIpc) is 3.37. The van der Waals surface area contributed by atoms with E-state index < -0.39 is 6.04 Å². The van der Waals surface area contributed by atoms with Gasteiger partial charge in [0.05, 0.1) is 6.61 Å². The Labute approximate surface area is 222 Å². The maximum atomic E-state index is 13.9. The van der Waals surface area contributed by atoms with Gasteiger partial charge >= 0.3 is 0 Å². The highest BCUT2D eigenvalue weighted by Gasteiger charge is 2.26. The number of fused-ring (bicyclic) bond motifs is 1. The molecule has 1 unspecified atom stereocenters. The van der Waals surface area contributed by atoms with Crippen LogP contribution in [-0.2, 0) is 17.8 Å². The number of para-hydroxylation sites is 1. The van der Waals surface area contributed by atoms with Gasteiger partial charge in [-0.1, -0.05) is 48.5 Å². The summed E-state index contributed by atoms with van der Waals surface area (Å²) < 4.78 is 0. The Bertz CT molecular complexity index is 1450. The number of hydrogen-bond donors (Lipinski definition) is 4. The highest BCUT2D eigenvalue weighted by molar-refractivity contribution is 5.88. The van der Waals surface area contributed by atoms with Crippen molar-refractivity contribution in [3.05, 3.63) is 121 Å². The van der Waals surface area contributed by atoms with E-state index in [1.807, 2.05) is 91.1 Å². The molecule has 7 heteroatoms. The third kappa shape index (κ3) is 6.19. The number of benzene rings is 3. The summed E-state index contributed by atoms with van der Waals surface area (Å²) in [6.07, 6.45) is 5.96. The van der Waals surface area contributed by atoms with Crippen molar-refractivity contribution < 1.29 is 9.90 Å². The number of H-pyrrole nitrogens is 1. The van der Waals surface area contributed by atoms with Gasteiger partial charge in [-0.25, -0.2) is 0 Å². The standard InChI is InChI=1S/C31H31N5O2/c37-19-18-36(22-23-6-2-1-3-7-23)31(38)30(20-24-21-33-29-9-5-4-8-28(24)29)35-26-12-10-25(11-13-26)34-27-14-16-32-17-15-27/h1-17,21,30,33,35,37H,18-20,22H2,(H,32,34). The Morgan fingerprint density at radius 1 is 0.868 bits per heavy atom. The highest BCUT2D eigenvalue weighted by atomic mass is 16.3. The van der Waals surface area contributed by atoms with Crippen molar-refractivity contribution in [2.75, 3.05) is 23.8 Å². The fourth-order valence-electron chi connectivity index (χ4n) is 4.59. The van der Waals surface area contributed by atoms with E-state index in [9.17, 15) is 9.90 Å². The molecule has 1 amide bonds. The van der Waals surface area contributed by atoms with Crippen LogP contribution in [-0.4, -0.2) is 45.1 Å². The van der Waals surface area contributed by atoms with Crippen molar-refractivity contribution in [2.45, 2.75) is 19.0 Å². The largest absolute Gasteiger partial charge is 0.395 e. The molecule has 0 saturated heterocycles. The van der Waals surface area contributed by atoms with Gasteiger partial charge in [0, 0.05) is 66.1 Å². The zero-order valence-corrected chi connectivity index (χ0v) is 21.0. The third-order valence-corrected chi connectivity index (χ3v) is 6.49. The maximum absolute atomic E-state index is 13.9. The number of carbonyl (C=O) groups is 1. The monoisotopic (exact) mass is 505 g/mol. The summed E-state index contributed by atoms with van der Waals surface area (Å²) in [5.74, 6) is -0.0628. The summed E-state index contributed by atoms with van der Waals surface area (Å²) >= 11 is 0. The Hall–Kier alpha value is -4.62. The van der Waals surface area contributed by atoms with Gasteiger partial charge in [0.15, 0.2) is 0 Å². The van der Waals surface area contributed by atoms with Gasteiger partial charge in [-0.2, -0.15) is 0 Å². The van der Waals surface area contributed by atoms with Crippen LogP contribution in [0.1, 0.15) is 11.1 Å². The van der Waals surface area contributed by atoms with Crippen molar-refractivity contribution in [1.82, 2.24) is 14.9 Å². The quantitative estimate of drug-likeness (QED) is 0.194. The second kappa shape index (κ2) is 12.1. The normalized spacial score (nSPS) is 11.7. The summed E-state index contributed by atoms with van der Waals surface area (Å²) in [5, 5.41) is 17.7. The minimum absolute atomic E-state index is 0.0628. The summed E-state index contributed by atoms with van der Waals surface area (Å²) in [5.41, 5.74) is 5.85. The van der Waals surface area contributed by atoms with Gasteiger partial charge in [0.2, 0.25) is 5.91 Å². The zero-order chi connectivity index (χ0) is 26.2. The first kappa shape index (κ1) is 25.0. The smallest absolute Gasteiger partial charge is 0.245 e. The molecule has 0 aliphatic heterocycles. The fourth-order valence-corrected chi connectivity index (χ4v) is 4.59. The van der Waals surface area contributed by atoms with E-state index in [-0.39, 0.29) is 19.1 Å². The number of nitrogens with zero attached hydrogens (tertiary/aromatic N) is 2. The molecule has 192 valence electrons. The number of aliphatic hydroxyl groups excluding tert-OH is 1. The molecule has 38 heavy (non-hydrogen) atoms. The lowest BCUT2D eigenvalue weighted by Gasteiger charge is -2.28. The molecule has 4 N–H and O–H groups in total. The zero-order valence-electron chi connectivity index (χ0n) is 21.0. The molecule has 5 aromatic rings. The van der Waals surface area contributed by atoms with Crippen LogP contribution in [0.15, 0.2) is 110 Å². The minimum Gasteiger partial charge on any atom is -0.395 e. The van der Waals surface area contributed by atoms with E-state index in [0.717, 1.165) is 39.1 Å². The van der Waals surface area contributed by atoms with Crippen LogP contribution in [0.3, 0.4) is 0 Å². The Kier molecular flexibility index (Phi) is 7.96. The number of hydrogen-bond acceptors (Lipinski definition) is 5. The average molecular weight is 506 g/mol. The molecule has 0 fully saturated rings. The number of aromatic amines is 1. The summed E-state index contributed by atoms with van der Waals surface area (Å²) in [7, 11) is 0. The Balaban J connectivity index is 1.39. The molecular weight excluding hydrogens is 474 g/mol. The van der Waals surface area contributed by atoms with Gasteiger partial charge < -0.3 is 25.6 Å². The van der Waals surface area contributed by atoms with Gasteiger partial charge in [0.1, 0.15) is 6.04 Å². The van der Waals surface area contributed by atoms with Crippen LogP contribution in [0.4, 0.5) is 17.1 Å². The summed E-state index contributed by atoms with van der Waals surface area (Å²) in [6, 6.07) is 29.1. The van der Waals surface area contributed by atoms with E-state index >= 15 is 0 Å². The molecule has 7 nitrogen and oxygen atoms in total. The number of anilines is 3. The Morgan fingerprint density at radius 2 is 1.55 bits per heavy atom. The molecular formula is C31H31N5O2. The van der Waals surface area contributed by atoms with Crippen molar-refractivity contribution in [1.29, 1.82) is 0 Å². The van der Waals surface area contributed by atoms with Crippen molar-refractivity contribution in [3.8, 4) is 0 Å². The first-order valence-electron chi connectivity index (χ1n) is 12.7. The molecule has 0 spiro atoms. The van der Waals surface area contributed by atoms with E-state index in [1.165, 1.54) is 0 Å². The van der Waals surface area contributed by atoms with Gasteiger partial charge in [-0.15, -0.1) is 0 Å². The first-order valence-corrected chi connectivity index (χ1v) is 12.7. The van der Waals surface area contributed by atoms with Crippen LogP contribution in [0, 0.1) is 0 Å². The first-order chi connectivity index (χ1) is 18.7. The summed E-state index contributed by atoms with van der Waals surface area (Å²) in [4.78, 5) is 23.0. The number of amides is 1. The number of rotatable bonds is 11. The number of aromatic nitrogens is 2. The second-order valence-corrected chi connectivity index (χ2v) is 9.17. The molecule has 2 aromatic heterocycles. The van der Waals surface area contributed by atoms with Crippen LogP contribution in [0.5, 0.6) is 0 Å². The fraction of sp³-hybridized carbons (Fsp3) is 0.161. The topological polar surface area (TPSA) is 93.3 Å². The molecule has 0 bridgehead atoms. The predicted octanol–water partition coefficient (Wildman–Crippen LogP) is 5.35. The van der Waals surface area contributed by atoms with E-state index in [2.05, 4.69) is 26.7 Å². The number of aliphatic hydroxyl groups is 1. The van der Waals surface area contributed by atoms with Gasteiger partial charge in [-0.3, -0.25) is 9.78 Å². The third-order valence-electron chi connectivity index (χ3n) is 6.49. The second-order valence-electron chi connectivity index (χ2n) is 9.17. The van der Waals surface area contributed by atoms with Crippen molar-refractivity contribution >= 4 is 33.9 Å². The van der Waals surface area contributed by atoms with Crippen LogP contribution in [0.2, 0.25) is 0 Å². The maximum Gasteiger partial charge on any atom is 0.245 e. The molecule has 1 atom stereocenters. The number of nitrogens with one attached hydrogen (secondary N) is 3. The van der Waals surface area contributed by atoms with Gasteiger partial charge in [0.25, 0.3) is 0 Å². The lowest BCUT2D eigenvalue weighted by atomic mass is 10.0. The SMILES string of the molecule is O=C(C(Cc1c[nH]c2ccccc12)Nc1ccc(Nc2ccncc2)cc1)N(CCO)Cc1ccccc1. The minimum atomic E-state index is -0.525. The predicted molar refractivity (Wildman–Crippen MR) is 152 cm³/mol. The van der Waals surface area contributed by atoms with Crippen LogP contribution < -0.4 is 10.6 Å². The lowest BCUT2D eigenvalue weighted by molar-refractivity contribution is -0.133. The molecule has 0 radical (unpaired) electrons. The van der Waals surface area contributed by atoms with E-state index in [0.29, 0.717) is 13.0 Å². The van der Waals surface area contributed by atoms with Crippen molar-refractivity contribution in [2.24, 2.45) is 0 Å². The van der Waals surface area contributed by atoms with Crippen LogP contribution in [0.25, 0.3) is 10.9 Å².